The van der Waals surface area contributed by atoms with Gasteiger partial charge >= 0.3 is 5.97 Å². The molecule has 7 nitrogen and oxygen atoms in total. The van der Waals surface area contributed by atoms with Crippen molar-refractivity contribution in [3.63, 3.8) is 0 Å². The van der Waals surface area contributed by atoms with Gasteiger partial charge in [0.05, 0.1) is 6.54 Å². The Bertz CT molecular complexity index is 851. The van der Waals surface area contributed by atoms with Gasteiger partial charge < -0.3 is 24.3 Å². The number of carbonyl (C=O) groups excluding carboxylic acids is 2. The van der Waals surface area contributed by atoms with Gasteiger partial charge in [0.25, 0.3) is 5.91 Å². The van der Waals surface area contributed by atoms with Crippen LogP contribution in [0.4, 0.5) is 0 Å². The number of hydrogen-bond donors (Lipinski definition) is 1. The fraction of sp³-hybridized carbons (Fsp3) is 0.333. The van der Waals surface area contributed by atoms with E-state index >= 15 is 0 Å². The topological polar surface area (TPSA) is 83.1 Å². The summed E-state index contributed by atoms with van der Waals surface area (Å²) >= 11 is 0. The Morgan fingerprint density at radius 3 is 2.64 bits per heavy atom. The fourth-order valence-corrected chi connectivity index (χ4v) is 2.58. The molecule has 1 aliphatic heterocycles. The molecule has 0 saturated carbocycles. The van der Waals surface area contributed by atoms with E-state index in [0.29, 0.717) is 23.9 Å². The molecule has 0 aromatic heterocycles. The Hall–Kier alpha value is -3.22. The van der Waals surface area contributed by atoms with Gasteiger partial charge in [0.15, 0.2) is 24.7 Å². The van der Waals surface area contributed by atoms with Gasteiger partial charge in [-0.25, -0.2) is 4.79 Å². The fourth-order valence-electron chi connectivity index (χ4n) is 2.58. The number of hydrogen-bond acceptors (Lipinski definition) is 6. The van der Waals surface area contributed by atoms with Crippen molar-refractivity contribution < 1.29 is 28.5 Å². The van der Waals surface area contributed by atoms with Crippen LogP contribution in [0.25, 0.3) is 0 Å². The molecule has 0 spiro atoms. The number of esters is 1. The Morgan fingerprint density at radius 2 is 1.86 bits per heavy atom. The van der Waals surface area contributed by atoms with Crippen molar-refractivity contribution in [3.8, 4) is 17.2 Å². The van der Waals surface area contributed by atoms with E-state index in [-0.39, 0.29) is 25.9 Å². The number of nitrogens with one attached hydrogen (secondary N) is 1. The second-order valence-corrected chi connectivity index (χ2v) is 6.50. The molecule has 28 heavy (non-hydrogen) atoms. The average Bonchev–Trinajstić information content (AvgIpc) is 2.71. The van der Waals surface area contributed by atoms with Crippen molar-refractivity contribution in [3.05, 3.63) is 53.6 Å². The molecule has 0 fully saturated rings. The second kappa shape index (κ2) is 9.12. The summed E-state index contributed by atoms with van der Waals surface area (Å²) in [5.74, 6) is 0.881. The highest BCUT2D eigenvalue weighted by Crippen LogP contribution is 2.30. The molecule has 1 amide bonds. The Morgan fingerprint density at radius 1 is 1.07 bits per heavy atom. The molecule has 1 heterocycles. The molecule has 2 aromatic carbocycles. The standard InChI is InChI=1S/C21H23NO6/c1-14-7-8-16(9-15(14)2)25-13-21(24)27-12-20(23)22-10-17-11-26-18-5-3-4-6-19(18)28-17/h3-9,17H,10-13H2,1-2H3,(H,22,23)/t17-/m0/s1. The average molecular weight is 385 g/mol. The van der Waals surface area contributed by atoms with E-state index in [1.807, 2.05) is 44.2 Å². The Labute approximate surface area is 163 Å². The van der Waals surface area contributed by atoms with E-state index in [2.05, 4.69) is 5.32 Å². The van der Waals surface area contributed by atoms with Crippen LogP contribution >= 0.6 is 0 Å². The number of para-hydroxylation sites is 2. The molecule has 148 valence electrons. The third-order valence-electron chi connectivity index (χ3n) is 4.29. The van der Waals surface area contributed by atoms with Gasteiger partial charge in [-0.2, -0.15) is 0 Å². The van der Waals surface area contributed by atoms with Crippen molar-refractivity contribution in [2.75, 3.05) is 26.4 Å². The molecule has 7 heteroatoms. The van der Waals surface area contributed by atoms with Gasteiger partial charge in [-0.15, -0.1) is 0 Å². The highest BCUT2D eigenvalue weighted by atomic mass is 16.6. The first-order valence-electron chi connectivity index (χ1n) is 9.02. The molecule has 0 aliphatic carbocycles. The molecule has 3 rings (SSSR count). The van der Waals surface area contributed by atoms with Gasteiger partial charge in [-0.1, -0.05) is 18.2 Å². The zero-order chi connectivity index (χ0) is 19.9. The first-order chi connectivity index (χ1) is 13.5. The van der Waals surface area contributed by atoms with Crippen LogP contribution in [0.3, 0.4) is 0 Å². The maximum atomic E-state index is 11.9. The maximum Gasteiger partial charge on any atom is 0.344 e. The molecule has 0 bridgehead atoms. The first kappa shape index (κ1) is 19.5. The zero-order valence-corrected chi connectivity index (χ0v) is 15.9. The van der Waals surface area contributed by atoms with E-state index in [4.69, 9.17) is 18.9 Å². The minimum atomic E-state index is -0.612. The second-order valence-electron chi connectivity index (χ2n) is 6.50. The lowest BCUT2D eigenvalue weighted by molar-refractivity contribution is -0.150. The maximum absolute atomic E-state index is 11.9. The Balaban J connectivity index is 1.34. The third kappa shape index (κ3) is 5.39. The lowest BCUT2D eigenvalue weighted by Gasteiger charge is -2.26. The van der Waals surface area contributed by atoms with Crippen molar-refractivity contribution in [2.24, 2.45) is 0 Å². The number of rotatable bonds is 7. The van der Waals surface area contributed by atoms with Crippen LogP contribution in [0.2, 0.25) is 0 Å². The summed E-state index contributed by atoms with van der Waals surface area (Å²) in [6, 6.07) is 12.9. The van der Waals surface area contributed by atoms with Gasteiger partial charge in [0, 0.05) is 0 Å². The van der Waals surface area contributed by atoms with Gasteiger partial charge in [0.2, 0.25) is 0 Å². The molecule has 0 unspecified atom stereocenters. The van der Waals surface area contributed by atoms with Crippen molar-refractivity contribution in [1.82, 2.24) is 5.32 Å². The van der Waals surface area contributed by atoms with Crippen LogP contribution in [0.15, 0.2) is 42.5 Å². The molecule has 0 radical (unpaired) electrons. The molecule has 2 aromatic rings. The number of amides is 1. The summed E-state index contributed by atoms with van der Waals surface area (Å²) in [5, 5.41) is 2.66. The molecular formula is C21H23NO6. The highest BCUT2D eigenvalue weighted by molar-refractivity contribution is 5.80. The minimum absolute atomic E-state index is 0.254. The number of benzene rings is 2. The summed E-state index contributed by atoms with van der Waals surface area (Å²) in [5.41, 5.74) is 2.21. The van der Waals surface area contributed by atoms with Crippen LogP contribution in [0.1, 0.15) is 11.1 Å². The van der Waals surface area contributed by atoms with E-state index in [9.17, 15) is 9.59 Å². The van der Waals surface area contributed by atoms with Gasteiger partial charge in [0.1, 0.15) is 18.5 Å². The molecule has 1 N–H and O–H groups in total. The summed E-state index contributed by atoms with van der Waals surface area (Å²) < 4.78 is 21.6. The van der Waals surface area contributed by atoms with E-state index in [1.165, 1.54) is 0 Å². The van der Waals surface area contributed by atoms with Crippen LogP contribution in [-0.4, -0.2) is 44.3 Å². The van der Waals surface area contributed by atoms with Crippen LogP contribution in [-0.2, 0) is 14.3 Å². The molecule has 0 saturated heterocycles. The van der Waals surface area contributed by atoms with Crippen molar-refractivity contribution in [2.45, 2.75) is 20.0 Å². The zero-order valence-electron chi connectivity index (χ0n) is 15.9. The predicted molar refractivity (Wildman–Crippen MR) is 102 cm³/mol. The monoisotopic (exact) mass is 385 g/mol. The summed E-state index contributed by atoms with van der Waals surface area (Å²) in [6.45, 7) is 3.91. The summed E-state index contributed by atoms with van der Waals surface area (Å²) in [7, 11) is 0. The smallest absolute Gasteiger partial charge is 0.344 e. The summed E-state index contributed by atoms with van der Waals surface area (Å²) in [4.78, 5) is 23.6. The van der Waals surface area contributed by atoms with E-state index in [1.54, 1.807) is 12.1 Å². The number of carbonyl (C=O) groups is 2. The molecule has 1 atom stereocenters. The van der Waals surface area contributed by atoms with Crippen LogP contribution in [0, 0.1) is 13.8 Å². The quantitative estimate of drug-likeness (QED) is 0.736. The van der Waals surface area contributed by atoms with Crippen LogP contribution < -0.4 is 19.5 Å². The van der Waals surface area contributed by atoms with Gasteiger partial charge in [-0.05, 0) is 49.2 Å². The predicted octanol–water partition coefficient (Wildman–Crippen LogP) is 2.18. The van der Waals surface area contributed by atoms with Crippen LogP contribution in [0.5, 0.6) is 17.2 Å². The van der Waals surface area contributed by atoms with Crippen molar-refractivity contribution >= 4 is 11.9 Å². The summed E-state index contributed by atoms with van der Waals surface area (Å²) in [6.07, 6.45) is -0.303. The van der Waals surface area contributed by atoms with Gasteiger partial charge in [-0.3, -0.25) is 4.79 Å². The Kier molecular flexibility index (Phi) is 6.37. The first-order valence-corrected chi connectivity index (χ1v) is 9.02. The van der Waals surface area contributed by atoms with Crippen molar-refractivity contribution in [1.29, 1.82) is 0 Å². The largest absolute Gasteiger partial charge is 0.486 e. The van der Waals surface area contributed by atoms with E-state index in [0.717, 1.165) is 11.1 Å². The third-order valence-corrected chi connectivity index (χ3v) is 4.29. The lowest BCUT2D eigenvalue weighted by Crippen LogP contribution is -2.42. The highest BCUT2D eigenvalue weighted by Gasteiger charge is 2.21. The SMILES string of the molecule is Cc1ccc(OCC(=O)OCC(=O)NC[C@H]2COc3ccccc3O2)cc1C. The normalized spacial score (nSPS) is 14.9. The number of fused-ring (bicyclic) bond motifs is 1. The molecule has 1 aliphatic rings. The number of aryl methyl sites for hydroxylation is 2. The minimum Gasteiger partial charge on any atom is -0.486 e. The number of ether oxygens (including phenoxy) is 4. The lowest BCUT2D eigenvalue weighted by atomic mass is 10.1. The van der Waals surface area contributed by atoms with E-state index < -0.39 is 11.9 Å². The molecular weight excluding hydrogens is 362 g/mol.